The van der Waals surface area contributed by atoms with Crippen molar-refractivity contribution in [3.63, 3.8) is 0 Å². The Kier molecular flexibility index (Phi) is 8.90. The maximum absolute atomic E-state index is 11.1. The SMILES string of the molecule is CCOC(C)OC(C)(C(=CC#N)NCCCC(C)=O)c1ccccc1. The number of ketones is 1. The van der Waals surface area contributed by atoms with Gasteiger partial charge in [-0.25, -0.2) is 0 Å². The van der Waals surface area contributed by atoms with Crippen LogP contribution >= 0.6 is 0 Å². The van der Waals surface area contributed by atoms with Gasteiger partial charge in [0.05, 0.1) is 11.8 Å². The predicted octanol–water partition coefficient (Wildman–Crippen LogP) is 3.67. The first-order chi connectivity index (χ1) is 11.9. The first kappa shape index (κ1) is 20.9. The molecule has 0 fully saturated rings. The Morgan fingerprint density at radius 1 is 1.40 bits per heavy atom. The normalized spacial score (nSPS) is 15.1. The van der Waals surface area contributed by atoms with Gasteiger partial charge in [0.2, 0.25) is 0 Å². The van der Waals surface area contributed by atoms with Crippen molar-refractivity contribution in [2.75, 3.05) is 13.2 Å². The Labute approximate surface area is 150 Å². The van der Waals surface area contributed by atoms with Crippen LogP contribution in [0.4, 0.5) is 0 Å². The molecule has 0 amide bonds. The summed E-state index contributed by atoms with van der Waals surface area (Å²) in [7, 11) is 0. The summed E-state index contributed by atoms with van der Waals surface area (Å²) in [5.74, 6) is 0.152. The predicted molar refractivity (Wildman–Crippen MR) is 97.6 cm³/mol. The highest BCUT2D eigenvalue weighted by atomic mass is 16.7. The third-order valence-corrected chi connectivity index (χ3v) is 3.87. The lowest BCUT2D eigenvalue weighted by atomic mass is 9.91. The van der Waals surface area contributed by atoms with Crippen molar-refractivity contribution >= 4 is 5.78 Å². The largest absolute Gasteiger partial charge is 0.385 e. The first-order valence-electron chi connectivity index (χ1n) is 8.62. The first-order valence-corrected chi connectivity index (χ1v) is 8.62. The monoisotopic (exact) mass is 344 g/mol. The van der Waals surface area contributed by atoms with E-state index in [4.69, 9.17) is 9.47 Å². The number of hydrogen-bond donors (Lipinski definition) is 1. The van der Waals surface area contributed by atoms with Crippen molar-refractivity contribution in [3.8, 4) is 6.07 Å². The van der Waals surface area contributed by atoms with Crippen LogP contribution in [0.3, 0.4) is 0 Å². The zero-order valence-electron chi connectivity index (χ0n) is 15.5. The summed E-state index contributed by atoms with van der Waals surface area (Å²) in [5, 5.41) is 12.5. The number of benzene rings is 1. The third kappa shape index (κ3) is 6.69. The van der Waals surface area contributed by atoms with Crippen molar-refractivity contribution in [1.82, 2.24) is 5.32 Å². The number of nitrogens with zero attached hydrogens (tertiary/aromatic N) is 1. The lowest BCUT2D eigenvalue weighted by Crippen LogP contribution is -2.39. The van der Waals surface area contributed by atoms with Crippen LogP contribution in [0.2, 0.25) is 0 Å². The van der Waals surface area contributed by atoms with Gasteiger partial charge in [0, 0.05) is 25.6 Å². The van der Waals surface area contributed by atoms with Gasteiger partial charge in [-0.05, 0) is 39.7 Å². The average molecular weight is 344 g/mol. The van der Waals surface area contributed by atoms with Crippen LogP contribution in [-0.4, -0.2) is 25.2 Å². The van der Waals surface area contributed by atoms with E-state index in [9.17, 15) is 10.1 Å². The second kappa shape index (κ2) is 10.7. The highest BCUT2D eigenvalue weighted by molar-refractivity contribution is 5.75. The van der Waals surface area contributed by atoms with Crippen molar-refractivity contribution in [3.05, 3.63) is 47.7 Å². The summed E-state index contributed by atoms with van der Waals surface area (Å²) in [6.45, 7) is 8.36. The number of carbonyl (C=O) groups excluding carboxylic acids is 1. The van der Waals surface area contributed by atoms with Crippen molar-refractivity contribution in [2.45, 2.75) is 52.4 Å². The summed E-state index contributed by atoms with van der Waals surface area (Å²) in [5.41, 5.74) is 0.709. The molecule has 0 aromatic heterocycles. The molecule has 1 rings (SSSR count). The molecule has 0 spiro atoms. The number of carbonyl (C=O) groups is 1. The molecule has 1 N–H and O–H groups in total. The van der Waals surface area contributed by atoms with Crippen molar-refractivity contribution < 1.29 is 14.3 Å². The Balaban J connectivity index is 3.06. The molecule has 2 unspecified atom stereocenters. The second-order valence-electron chi connectivity index (χ2n) is 5.96. The van der Waals surface area contributed by atoms with Crippen LogP contribution < -0.4 is 5.32 Å². The summed E-state index contributed by atoms with van der Waals surface area (Å²) < 4.78 is 11.7. The standard InChI is InChI=1S/C20H28N2O3/c1-5-24-17(3)25-20(4,18-11-7-6-8-12-18)19(13-14-21)22-15-9-10-16(2)23/h6-8,11-13,17,22H,5,9-10,15H2,1-4H3. The third-order valence-electron chi connectivity index (χ3n) is 3.87. The van der Waals surface area contributed by atoms with E-state index < -0.39 is 11.9 Å². The number of rotatable bonds is 11. The molecule has 0 bridgehead atoms. The van der Waals surface area contributed by atoms with Crippen LogP contribution in [0.15, 0.2) is 42.1 Å². The van der Waals surface area contributed by atoms with Gasteiger partial charge in [-0.2, -0.15) is 5.26 Å². The van der Waals surface area contributed by atoms with E-state index in [1.165, 1.54) is 6.08 Å². The molecule has 0 radical (unpaired) electrons. The Morgan fingerprint density at radius 3 is 2.64 bits per heavy atom. The minimum atomic E-state index is -0.859. The molecule has 0 saturated carbocycles. The molecule has 5 nitrogen and oxygen atoms in total. The van der Waals surface area contributed by atoms with E-state index in [0.29, 0.717) is 31.7 Å². The lowest BCUT2D eigenvalue weighted by molar-refractivity contribution is -0.187. The highest BCUT2D eigenvalue weighted by Gasteiger charge is 2.34. The molecule has 1 aromatic carbocycles. The molecule has 0 aliphatic carbocycles. The van der Waals surface area contributed by atoms with E-state index in [0.717, 1.165) is 5.56 Å². The molecule has 0 heterocycles. The number of ether oxygens (including phenoxy) is 2. The molecular weight excluding hydrogens is 316 g/mol. The molecule has 5 heteroatoms. The summed E-state index contributed by atoms with van der Waals surface area (Å²) >= 11 is 0. The van der Waals surface area contributed by atoms with E-state index >= 15 is 0 Å². The van der Waals surface area contributed by atoms with Crippen molar-refractivity contribution in [1.29, 1.82) is 5.26 Å². The Morgan fingerprint density at radius 2 is 2.08 bits per heavy atom. The van der Waals surface area contributed by atoms with Gasteiger partial charge < -0.3 is 19.6 Å². The maximum Gasteiger partial charge on any atom is 0.156 e. The summed E-state index contributed by atoms with van der Waals surface area (Å²) in [6.07, 6.45) is 2.23. The Bertz CT molecular complexity index is 607. The van der Waals surface area contributed by atoms with Gasteiger partial charge >= 0.3 is 0 Å². The highest BCUT2D eigenvalue weighted by Crippen LogP contribution is 2.33. The van der Waals surface area contributed by atoms with Gasteiger partial charge in [0.15, 0.2) is 6.29 Å². The minimum absolute atomic E-state index is 0.152. The molecule has 1 aromatic rings. The van der Waals surface area contributed by atoms with Crippen LogP contribution in [-0.2, 0) is 19.9 Å². The average Bonchev–Trinajstić information content (AvgIpc) is 2.58. The number of nitrogens with one attached hydrogen (secondary N) is 1. The number of Topliss-reactive ketones (excluding diaryl/α,β-unsaturated/α-hetero) is 1. The molecule has 136 valence electrons. The lowest BCUT2D eigenvalue weighted by Gasteiger charge is -2.35. The number of allylic oxidation sites excluding steroid dienone is 1. The van der Waals surface area contributed by atoms with Gasteiger partial charge in [-0.1, -0.05) is 30.3 Å². The summed E-state index contributed by atoms with van der Waals surface area (Å²) in [4.78, 5) is 11.1. The quantitative estimate of drug-likeness (QED) is 0.377. The van der Waals surface area contributed by atoms with Crippen LogP contribution in [0.25, 0.3) is 0 Å². The van der Waals surface area contributed by atoms with E-state index in [1.807, 2.05) is 51.1 Å². The van der Waals surface area contributed by atoms with Gasteiger partial charge in [0.1, 0.15) is 11.4 Å². The van der Waals surface area contributed by atoms with E-state index in [1.54, 1.807) is 6.92 Å². The Hall–Kier alpha value is -2.16. The van der Waals surface area contributed by atoms with Crippen LogP contribution in [0, 0.1) is 11.3 Å². The van der Waals surface area contributed by atoms with E-state index in [-0.39, 0.29) is 5.78 Å². The second-order valence-corrected chi connectivity index (χ2v) is 5.96. The van der Waals surface area contributed by atoms with Crippen molar-refractivity contribution in [2.24, 2.45) is 0 Å². The van der Waals surface area contributed by atoms with Gasteiger partial charge in [0.25, 0.3) is 0 Å². The zero-order chi connectivity index (χ0) is 18.7. The smallest absolute Gasteiger partial charge is 0.156 e. The van der Waals surface area contributed by atoms with Crippen LogP contribution in [0.1, 0.15) is 46.1 Å². The molecule has 0 saturated heterocycles. The fourth-order valence-corrected chi connectivity index (χ4v) is 2.63. The fourth-order valence-electron chi connectivity index (χ4n) is 2.63. The van der Waals surface area contributed by atoms with Gasteiger partial charge in [-0.3, -0.25) is 0 Å². The summed E-state index contributed by atoms with van der Waals surface area (Å²) in [6, 6.07) is 11.8. The minimum Gasteiger partial charge on any atom is -0.385 e. The molecule has 2 atom stereocenters. The van der Waals surface area contributed by atoms with Gasteiger partial charge in [-0.15, -0.1) is 0 Å². The van der Waals surface area contributed by atoms with E-state index in [2.05, 4.69) is 11.4 Å². The zero-order valence-corrected chi connectivity index (χ0v) is 15.5. The maximum atomic E-state index is 11.1. The fraction of sp³-hybridized carbons (Fsp3) is 0.500. The molecule has 25 heavy (non-hydrogen) atoms. The molecule has 0 aliphatic heterocycles. The van der Waals surface area contributed by atoms with Crippen LogP contribution in [0.5, 0.6) is 0 Å². The molecular formula is C20H28N2O3. The number of nitriles is 1. The molecule has 0 aliphatic rings. The topological polar surface area (TPSA) is 71.3 Å². The number of hydrogen-bond acceptors (Lipinski definition) is 5.